The molecule has 0 saturated carbocycles. The van der Waals surface area contributed by atoms with Gasteiger partial charge in [-0.2, -0.15) is 0 Å². The van der Waals surface area contributed by atoms with Crippen LogP contribution in [0.4, 0.5) is 0 Å². The second-order valence-electron chi connectivity index (χ2n) is 3.11. The molecular weight excluding hydrogens is 278 g/mol. The van der Waals surface area contributed by atoms with Crippen LogP contribution in [0.5, 0.6) is 0 Å². The number of carboxylic acids is 2. The lowest BCUT2D eigenvalue weighted by atomic mass is 10.0. The number of rotatable bonds is 4. The third kappa shape index (κ3) is 3.63. The summed E-state index contributed by atoms with van der Waals surface area (Å²) in [5.74, 6) is -2.22. The van der Waals surface area contributed by atoms with E-state index in [1.165, 1.54) is 6.07 Å². The summed E-state index contributed by atoms with van der Waals surface area (Å²) in [7, 11) is 0. The van der Waals surface area contributed by atoms with Gasteiger partial charge in [-0.05, 0) is 18.1 Å². The van der Waals surface area contributed by atoms with Gasteiger partial charge < -0.3 is 15.9 Å². The number of carbonyl (C=O) groups is 2. The van der Waals surface area contributed by atoms with Crippen LogP contribution in [0.15, 0.2) is 24.3 Å². The van der Waals surface area contributed by atoms with Crippen molar-refractivity contribution >= 4 is 28.9 Å². The van der Waals surface area contributed by atoms with Gasteiger partial charge in [0.05, 0.1) is 5.56 Å². The van der Waals surface area contributed by atoms with E-state index in [1.807, 2.05) is 0 Å². The number of carboxylic acid groups (broad SMARTS) is 2. The van der Waals surface area contributed by atoms with Crippen molar-refractivity contribution < 1.29 is 19.8 Å². The van der Waals surface area contributed by atoms with Gasteiger partial charge in [-0.25, -0.2) is 4.79 Å². The Morgan fingerprint density at radius 2 is 1.81 bits per heavy atom. The molecule has 0 aromatic heterocycles. The molecule has 1 aromatic rings. The minimum atomic E-state index is -1.14. The van der Waals surface area contributed by atoms with Crippen LogP contribution in [0.25, 0.3) is 0 Å². The fourth-order valence-electron chi connectivity index (χ4n) is 1.23. The molecule has 5 nitrogen and oxygen atoms in total. The molecule has 1 aromatic carbocycles. The number of nitrogens with two attached hydrogens (primary N) is 1. The number of aromatic carboxylic acids is 1. The van der Waals surface area contributed by atoms with E-state index in [4.69, 9.17) is 15.9 Å². The number of halogens is 1. The number of hydrogen-bond acceptors (Lipinski definition) is 3. The van der Waals surface area contributed by atoms with Crippen molar-refractivity contribution in [1.29, 1.82) is 0 Å². The molecule has 6 heteroatoms. The molecule has 0 aliphatic carbocycles. The monoisotopic (exact) mass is 289 g/mol. The van der Waals surface area contributed by atoms with E-state index in [1.54, 1.807) is 18.2 Å². The summed E-state index contributed by atoms with van der Waals surface area (Å²) in [4.78, 5) is 21.3. The highest BCUT2D eigenvalue weighted by Gasteiger charge is 2.16. The maximum Gasteiger partial charge on any atom is 0.335 e. The summed E-state index contributed by atoms with van der Waals surface area (Å²) in [5.41, 5.74) is 5.85. The van der Waals surface area contributed by atoms with Gasteiger partial charge in [0.2, 0.25) is 0 Å². The smallest absolute Gasteiger partial charge is 0.335 e. The van der Waals surface area contributed by atoms with Gasteiger partial charge in [0.1, 0.15) is 6.04 Å². The first-order valence-corrected chi connectivity index (χ1v) is 4.32. The summed E-state index contributed by atoms with van der Waals surface area (Å²) in [5, 5.41) is 17.4. The van der Waals surface area contributed by atoms with E-state index in [-0.39, 0.29) is 29.0 Å². The Morgan fingerprint density at radius 1 is 1.25 bits per heavy atom. The molecule has 0 spiro atoms. The summed E-state index contributed by atoms with van der Waals surface area (Å²) in [6, 6.07) is 5.14. The number of benzene rings is 1. The molecule has 0 aliphatic heterocycles. The molecule has 0 heterocycles. The van der Waals surface area contributed by atoms with Gasteiger partial charge in [-0.1, -0.05) is 18.2 Å². The highest BCUT2D eigenvalue weighted by Crippen LogP contribution is 2.10. The predicted octanol–water partition coefficient (Wildman–Crippen LogP) is 0.917. The van der Waals surface area contributed by atoms with Crippen molar-refractivity contribution in [3.63, 3.8) is 0 Å². The molecular formula is C10H12BrNO4. The zero-order chi connectivity index (χ0) is 11.4. The van der Waals surface area contributed by atoms with Crippen LogP contribution in [-0.4, -0.2) is 28.2 Å². The van der Waals surface area contributed by atoms with Gasteiger partial charge in [-0.15, -0.1) is 17.0 Å². The van der Waals surface area contributed by atoms with Crippen molar-refractivity contribution in [1.82, 2.24) is 0 Å². The molecule has 0 aliphatic rings. The van der Waals surface area contributed by atoms with Crippen LogP contribution in [0.1, 0.15) is 15.9 Å². The van der Waals surface area contributed by atoms with Crippen LogP contribution in [0, 0.1) is 0 Å². The largest absolute Gasteiger partial charge is 0.480 e. The molecule has 0 amide bonds. The number of aliphatic carboxylic acids is 1. The zero-order valence-electron chi connectivity index (χ0n) is 8.29. The second-order valence-corrected chi connectivity index (χ2v) is 3.11. The minimum absolute atomic E-state index is 0. The molecule has 0 radical (unpaired) electrons. The van der Waals surface area contributed by atoms with Gasteiger partial charge in [0.15, 0.2) is 0 Å². The molecule has 0 saturated heterocycles. The van der Waals surface area contributed by atoms with Crippen molar-refractivity contribution in [2.75, 3.05) is 0 Å². The van der Waals surface area contributed by atoms with E-state index in [0.717, 1.165) is 0 Å². The maximum absolute atomic E-state index is 10.8. The molecule has 16 heavy (non-hydrogen) atoms. The Balaban J connectivity index is 0.00000225. The molecule has 1 rings (SSSR count). The summed E-state index contributed by atoms with van der Waals surface area (Å²) in [6.45, 7) is 0. The predicted molar refractivity (Wildman–Crippen MR) is 63.0 cm³/mol. The molecule has 1 unspecified atom stereocenters. The van der Waals surface area contributed by atoms with Crippen molar-refractivity contribution in [2.24, 2.45) is 5.73 Å². The minimum Gasteiger partial charge on any atom is -0.480 e. The van der Waals surface area contributed by atoms with E-state index in [0.29, 0.717) is 5.56 Å². The fourth-order valence-corrected chi connectivity index (χ4v) is 1.23. The molecule has 0 fully saturated rings. The quantitative estimate of drug-likeness (QED) is 0.765. The van der Waals surface area contributed by atoms with Gasteiger partial charge in [-0.3, -0.25) is 4.79 Å². The SMILES string of the molecule is Br.NC(Cc1ccccc1C(=O)O)C(=O)O. The fraction of sp³-hybridized carbons (Fsp3) is 0.200. The standard InChI is InChI=1S/C10H11NO4.BrH/c11-8(10(14)15)5-6-3-1-2-4-7(6)9(12)13;/h1-4,8H,5,11H2,(H,12,13)(H,14,15);1H. The first-order valence-electron chi connectivity index (χ1n) is 4.32. The first-order chi connectivity index (χ1) is 7.02. The van der Waals surface area contributed by atoms with Gasteiger partial charge in [0, 0.05) is 0 Å². The van der Waals surface area contributed by atoms with Gasteiger partial charge >= 0.3 is 11.9 Å². The lowest BCUT2D eigenvalue weighted by Crippen LogP contribution is -2.32. The summed E-state index contributed by atoms with van der Waals surface area (Å²) < 4.78 is 0. The Hall–Kier alpha value is -1.40. The Morgan fingerprint density at radius 3 is 2.31 bits per heavy atom. The molecule has 0 bridgehead atoms. The second kappa shape index (κ2) is 6.24. The average Bonchev–Trinajstić information content (AvgIpc) is 2.18. The summed E-state index contributed by atoms with van der Waals surface area (Å²) >= 11 is 0. The molecule has 88 valence electrons. The lowest BCUT2D eigenvalue weighted by Gasteiger charge is -2.08. The molecule has 1 atom stereocenters. The number of hydrogen-bond donors (Lipinski definition) is 3. The Kier molecular flexibility index (Phi) is 5.69. The van der Waals surface area contributed by atoms with E-state index in [9.17, 15) is 9.59 Å². The van der Waals surface area contributed by atoms with Crippen LogP contribution in [0.2, 0.25) is 0 Å². The van der Waals surface area contributed by atoms with E-state index in [2.05, 4.69) is 0 Å². The lowest BCUT2D eigenvalue weighted by molar-refractivity contribution is -0.138. The third-order valence-corrected chi connectivity index (χ3v) is 2.00. The van der Waals surface area contributed by atoms with Crippen LogP contribution >= 0.6 is 17.0 Å². The van der Waals surface area contributed by atoms with Crippen molar-refractivity contribution in [3.05, 3.63) is 35.4 Å². The summed E-state index contributed by atoms with van der Waals surface area (Å²) in [6.07, 6.45) is 0.0117. The van der Waals surface area contributed by atoms with Crippen LogP contribution in [0.3, 0.4) is 0 Å². The van der Waals surface area contributed by atoms with Crippen molar-refractivity contribution in [3.8, 4) is 0 Å². The van der Waals surface area contributed by atoms with Crippen molar-refractivity contribution in [2.45, 2.75) is 12.5 Å². The normalized spacial score (nSPS) is 11.3. The Bertz CT molecular complexity index is 394. The highest BCUT2D eigenvalue weighted by molar-refractivity contribution is 8.93. The van der Waals surface area contributed by atoms with Gasteiger partial charge in [0.25, 0.3) is 0 Å². The first kappa shape index (κ1) is 14.6. The third-order valence-electron chi connectivity index (χ3n) is 2.00. The average molecular weight is 290 g/mol. The highest BCUT2D eigenvalue weighted by atomic mass is 79.9. The topological polar surface area (TPSA) is 101 Å². The van der Waals surface area contributed by atoms with Crippen LogP contribution in [-0.2, 0) is 11.2 Å². The molecule has 4 N–H and O–H groups in total. The van der Waals surface area contributed by atoms with E-state index < -0.39 is 18.0 Å². The maximum atomic E-state index is 10.8. The van der Waals surface area contributed by atoms with Crippen LogP contribution < -0.4 is 5.73 Å². The Labute approximate surface area is 103 Å². The van der Waals surface area contributed by atoms with E-state index >= 15 is 0 Å². The zero-order valence-corrected chi connectivity index (χ0v) is 10.0.